The molecule has 0 saturated heterocycles. The molecule has 0 aromatic rings. The van der Waals surface area contributed by atoms with Crippen LogP contribution in [0.15, 0.2) is 0 Å². The zero-order chi connectivity index (χ0) is 20.1. The van der Waals surface area contributed by atoms with Crippen molar-refractivity contribution >= 4 is 0 Å². The topological polar surface area (TPSA) is 12.0 Å². The van der Waals surface area contributed by atoms with Gasteiger partial charge in [0.1, 0.15) is 0 Å². The van der Waals surface area contributed by atoms with E-state index < -0.39 is 0 Å². The van der Waals surface area contributed by atoms with Gasteiger partial charge in [-0.1, -0.05) is 73.1 Å². The lowest BCUT2D eigenvalue weighted by atomic mass is 9.70. The van der Waals surface area contributed by atoms with Crippen molar-refractivity contribution in [3.63, 3.8) is 0 Å². The third-order valence-corrected chi connectivity index (χ3v) is 9.34. The van der Waals surface area contributed by atoms with Crippen molar-refractivity contribution in [2.45, 2.75) is 130 Å². The molecule has 0 heterocycles. The summed E-state index contributed by atoms with van der Waals surface area (Å²) in [5.74, 6) is 6.91. The Morgan fingerprint density at radius 1 is 0.857 bits per heavy atom. The highest BCUT2D eigenvalue weighted by Gasteiger charge is 2.35. The predicted octanol–water partition coefficient (Wildman–Crippen LogP) is 7.84. The van der Waals surface area contributed by atoms with Crippen LogP contribution in [-0.4, -0.2) is 12.1 Å². The van der Waals surface area contributed by atoms with Crippen molar-refractivity contribution in [1.29, 1.82) is 0 Å². The maximum absolute atomic E-state index is 3.91. The first-order valence-corrected chi connectivity index (χ1v) is 13.2. The second kappa shape index (κ2) is 10.8. The Morgan fingerprint density at radius 2 is 1.54 bits per heavy atom. The summed E-state index contributed by atoms with van der Waals surface area (Å²) in [6.45, 7) is 12.4. The highest BCUT2D eigenvalue weighted by atomic mass is 15.0. The lowest BCUT2D eigenvalue weighted by Crippen LogP contribution is -2.51. The summed E-state index contributed by atoms with van der Waals surface area (Å²) in [5.41, 5.74) is 0. The molecule has 0 amide bonds. The standard InChI is InChI=1S/C27H51N/c1-6-22(16-23-17-27(18-23)28-26-13-19(3)14-26)15-21(5)20(4)11-12-24(7-2)25-9-8-10-25/h19-28H,6-18H2,1-5H3. The molecular formula is C27H51N. The first-order chi connectivity index (χ1) is 13.5. The normalized spacial score (nSPS) is 34.6. The SMILES string of the molecule is CCC(CC1CC(NC2CC(C)C2)C1)CC(C)C(C)CCC(CC)C1CCC1. The van der Waals surface area contributed by atoms with E-state index in [1.54, 1.807) is 0 Å². The molecule has 4 unspecified atom stereocenters. The second-order valence-electron chi connectivity index (χ2n) is 11.6. The highest BCUT2D eigenvalue weighted by molar-refractivity contribution is 4.92. The summed E-state index contributed by atoms with van der Waals surface area (Å²) >= 11 is 0. The Kier molecular flexibility index (Phi) is 8.76. The zero-order valence-corrected chi connectivity index (χ0v) is 19.9. The lowest BCUT2D eigenvalue weighted by molar-refractivity contribution is 0.124. The molecular weight excluding hydrogens is 338 g/mol. The molecule has 0 spiro atoms. The van der Waals surface area contributed by atoms with Crippen LogP contribution in [0, 0.1) is 41.4 Å². The van der Waals surface area contributed by atoms with E-state index in [2.05, 4.69) is 39.9 Å². The highest BCUT2D eigenvalue weighted by Crippen LogP contribution is 2.40. The van der Waals surface area contributed by atoms with Crippen LogP contribution < -0.4 is 5.32 Å². The summed E-state index contributed by atoms with van der Waals surface area (Å²) in [4.78, 5) is 0. The molecule has 0 aromatic carbocycles. The van der Waals surface area contributed by atoms with Crippen molar-refractivity contribution in [1.82, 2.24) is 5.32 Å². The third kappa shape index (κ3) is 6.23. The van der Waals surface area contributed by atoms with Gasteiger partial charge in [-0.25, -0.2) is 0 Å². The number of hydrogen-bond donors (Lipinski definition) is 1. The largest absolute Gasteiger partial charge is 0.311 e. The van der Waals surface area contributed by atoms with Crippen LogP contribution in [0.25, 0.3) is 0 Å². The van der Waals surface area contributed by atoms with Gasteiger partial charge in [0, 0.05) is 12.1 Å². The van der Waals surface area contributed by atoms with Crippen molar-refractivity contribution in [3.8, 4) is 0 Å². The van der Waals surface area contributed by atoms with E-state index in [9.17, 15) is 0 Å². The van der Waals surface area contributed by atoms with E-state index in [4.69, 9.17) is 0 Å². The fourth-order valence-corrected chi connectivity index (χ4v) is 6.54. The molecule has 1 nitrogen and oxygen atoms in total. The average molecular weight is 390 g/mol. The van der Waals surface area contributed by atoms with Gasteiger partial charge < -0.3 is 5.32 Å². The maximum atomic E-state index is 3.91. The maximum Gasteiger partial charge on any atom is 0.00749 e. The van der Waals surface area contributed by atoms with E-state index in [1.807, 2.05) is 0 Å². The van der Waals surface area contributed by atoms with Gasteiger partial charge in [-0.2, -0.15) is 0 Å². The van der Waals surface area contributed by atoms with E-state index in [0.717, 1.165) is 53.5 Å². The third-order valence-electron chi connectivity index (χ3n) is 9.34. The van der Waals surface area contributed by atoms with Crippen molar-refractivity contribution in [2.24, 2.45) is 41.4 Å². The van der Waals surface area contributed by atoms with Gasteiger partial charge in [-0.05, 0) is 86.4 Å². The second-order valence-corrected chi connectivity index (χ2v) is 11.6. The van der Waals surface area contributed by atoms with Gasteiger partial charge in [0.2, 0.25) is 0 Å². The van der Waals surface area contributed by atoms with E-state index in [0.29, 0.717) is 0 Å². The summed E-state index contributed by atoms with van der Waals surface area (Å²) in [6.07, 6.45) is 19.1. The van der Waals surface area contributed by atoms with Gasteiger partial charge in [0.05, 0.1) is 0 Å². The first kappa shape index (κ1) is 22.6. The van der Waals surface area contributed by atoms with Crippen LogP contribution >= 0.6 is 0 Å². The number of hydrogen-bond acceptors (Lipinski definition) is 1. The molecule has 3 aliphatic carbocycles. The van der Waals surface area contributed by atoms with Gasteiger partial charge in [-0.3, -0.25) is 0 Å². The summed E-state index contributed by atoms with van der Waals surface area (Å²) in [5, 5.41) is 3.91. The van der Waals surface area contributed by atoms with Crippen LogP contribution in [0.3, 0.4) is 0 Å². The Hall–Kier alpha value is -0.0400. The minimum Gasteiger partial charge on any atom is -0.311 e. The summed E-state index contributed by atoms with van der Waals surface area (Å²) < 4.78 is 0. The molecule has 0 radical (unpaired) electrons. The van der Waals surface area contributed by atoms with Crippen molar-refractivity contribution in [2.75, 3.05) is 0 Å². The van der Waals surface area contributed by atoms with E-state index in [1.165, 1.54) is 83.5 Å². The molecule has 28 heavy (non-hydrogen) atoms. The van der Waals surface area contributed by atoms with Gasteiger partial charge in [0.15, 0.2) is 0 Å². The Balaban J connectivity index is 1.30. The van der Waals surface area contributed by atoms with Crippen LogP contribution in [-0.2, 0) is 0 Å². The number of nitrogens with one attached hydrogen (secondary N) is 1. The van der Waals surface area contributed by atoms with Crippen LogP contribution in [0.5, 0.6) is 0 Å². The molecule has 3 saturated carbocycles. The molecule has 0 bridgehead atoms. The van der Waals surface area contributed by atoms with Crippen molar-refractivity contribution < 1.29 is 0 Å². The minimum absolute atomic E-state index is 0.855. The molecule has 0 aliphatic heterocycles. The zero-order valence-electron chi connectivity index (χ0n) is 19.9. The molecule has 4 atom stereocenters. The van der Waals surface area contributed by atoms with Crippen LogP contribution in [0.2, 0.25) is 0 Å². The van der Waals surface area contributed by atoms with Crippen molar-refractivity contribution in [3.05, 3.63) is 0 Å². The molecule has 3 rings (SSSR count). The Bertz CT molecular complexity index is 430. The molecule has 164 valence electrons. The van der Waals surface area contributed by atoms with E-state index >= 15 is 0 Å². The average Bonchev–Trinajstić information content (AvgIpc) is 2.58. The van der Waals surface area contributed by atoms with Gasteiger partial charge in [-0.15, -0.1) is 0 Å². The molecule has 3 fully saturated rings. The van der Waals surface area contributed by atoms with Gasteiger partial charge >= 0.3 is 0 Å². The molecule has 1 N–H and O–H groups in total. The molecule has 1 heteroatoms. The fraction of sp³-hybridized carbons (Fsp3) is 1.00. The summed E-state index contributed by atoms with van der Waals surface area (Å²) in [7, 11) is 0. The monoisotopic (exact) mass is 389 g/mol. The van der Waals surface area contributed by atoms with Gasteiger partial charge in [0.25, 0.3) is 0 Å². The summed E-state index contributed by atoms with van der Waals surface area (Å²) in [6, 6.07) is 1.71. The minimum atomic E-state index is 0.855. The molecule has 0 aromatic heterocycles. The lowest BCUT2D eigenvalue weighted by Gasteiger charge is -2.44. The smallest absolute Gasteiger partial charge is 0.00749 e. The number of rotatable bonds is 13. The van der Waals surface area contributed by atoms with E-state index in [-0.39, 0.29) is 0 Å². The van der Waals surface area contributed by atoms with Crippen LogP contribution in [0.4, 0.5) is 0 Å². The fourth-order valence-electron chi connectivity index (χ4n) is 6.54. The Labute approximate surface area is 177 Å². The quantitative estimate of drug-likeness (QED) is 0.338. The Morgan fingerprint density at radius 3 is 2.07 bits per heavy atom. The predicted molar refractivity (Wildman–Crippen MR) is 124 cm³/mol. The van der Waals surface area contributed by atoms with Crippen LogP contribution in [0.1, 0.15) is 118 Å². The first-order valence-electron chi connectivity index (χ1n) is 13.2. The molecule has 3 aliphatic rings.